The van der Waals surface area contributed by atoms with Crippen LogP contribution in [0.25, 0.3) is 0 Å². The summed E-state index contributed by atoms with van der Waals surface area (Å²) >= 11 is 0. The van der Waals surface area contributed by atoms with Crippen LogP contribution in [-0.4, -0.2) is 62.5 Å². The average Bonchev–Trinajstić information content (AvgIpc) is 2.30. The second-order valence-corrected chi connectivity index (χ2v) is 5.76. The van der Waals surface area contributed by atoms with Gasteiger partial charge in [-0.25, -0.2) is 0 Å². The maximum absolute atomic E-state index is 5.79. The Kier molecular flexibility index (Phi) is 5.42. The standard InChI is InChI=1S/C14H28N2O2/c1-4-15-14-5-6-17-10-13(14)9-16-7-11(2)18-12(3)8-16/h11-15H,4-10H2,1-3H3/t11-,12+,13?,14?. The minimum atomic E-state index is 0.357. The summed E-state index contributed by atoms with van der Waals surface area (Å²) in [6.07, 6.45) is 1.86. The molecule has 4 heteroatoms. The summed E-state index contributed by atoms with van der Waals surface area (Å²) in [6.45, 7) is 12.6. The Bertz CT molecular complexity index is 238. The van der Waals surface area contributed by atoms with Crippen LogP contribution in [0.3, 0.4) is 0 Å². The third-order valence-electron chi connectivity index (χ3n) is 3.93. The number of hydrogen-bond acceptors (Lipinski definition) is 4. The van der Waals surface area contributed by atoms with Gasteiger partial charge in [-0.05, 0) is 26.8 Å². The first-order valence-corrected chi connectivity index (χ1v) is 7.38. The highest BCUT2D eigenvalue weighted by Gasteiger charge is 2.30. The first-order valence-electron chi connectivity index (χ1n) is 7.38. The molecule has 2 heterocycles. The van der Waals surface area contributed by atoms with E-state index in [2.05, 4.69) is 31.0 Å². The van der Waals surface area contributed by atoms with Crippen molar-refractivity contribution in [3.05, 3.63) is 0 Å². The predicted molar refractivity (Wildman–Crippen MR) is 72.8 cm³/mol. The van der Waals surface area contributed by atoms with Gasteiger partial charge in [0.05, 0.1) is 18.8 Å². The van der Waals surface area contributed by atoms with Gasteiger partial charge < -0.3 is 14.8 Å². The van der Waals surface area contributed by atoms with Gasteiger partial charge in [0.2, 0.25) is 0 Å². The van der Waals surface area contributed by atoms with E-state index in [1.54, 1.807) is 0 Å². The van der Waals surface area contributed by atoms with E-state index < -0.39 is 0 Å². The summed E-state index contributed by atoms with van der Waals surface area (Å²) < 4.78 is 11.4. The van der Waals surface area contributed by atoms with Crippen molar-refractivity contribution in [3.63, 3.8) is 0 Å². The van der Waals surface area contributed by atoms with Crippen LogP contribution in [0.2, 0.25) is 0 Å². The number of nitrogens with zero attached hydrogens (tertiary/aromatic N) is 1. The number of ether oxygens (including phenoxy) is 2. The van der Waals surface area contributed by atoms with Crippen LogP contribution in [0, 0.1) is 5.92 Å². The van der Waals surface area contributed by atoms with Crippen molar-refractivity contribution in [2.45, 2.75) is 45.4 Å². The number of rotatable bonds is 4. The summed E-state index contributed by atoms with van der Waals surface area (Å²) in [6, 6.07) is 0.622. The number of hydrogen-bond donors (Lipinski definition) is 1. The van der Waals surface area contributed by atoms with E-state index in [9.17, 15) is 0 Å². The number of nitrogens with one attached hydrogen (secondary N) is 1. The molecule has 18 heavy (non-hydrogen) atoms. The zero-order valence-corrected chi connectivity index (χ0v) is 12.0. The molecule has 2 aliphatic rings. The lowest BCUT2D eigenvalue weighted by atomic mass is 9.94. The Morgan fingerprint density at radius 1 is 1.22 bits per heavy atom. The largest absolute Gasteiger partial charge is 0.381 e. The van der Waals surface area contributed by atoms with Crippen molar-refractivity contribution in [1.29, 1.82) is 0 Å². The fourth-order valence-electron chi connectivity index (χ4n) is 3.27. The van der Waals surface area contributed by atoms with E-state index in [1.165, 1.54) is 0 Å². The summed E-state index contributed by atoms with van der Waals surface area (Å²) in [5.74, 6) is 0.621. The lowest BCUT2D eigenvalue weighted by molar-refractivity contribution is -0.0797. The zero-order valence-electron chi connectivity index (χ0n) is 12.0. The zero-order chi connectivity index (χ0) is 13.0. The van der Waals surface area contributed by atoms with Crippen molar-refractivity contribution in [3.8, 4) is 0 Å². The Balaban J connectivity index is 1.85. The highest BCUT2D eigenvalue weighted by Crippen LogP contribution is 2.19. The molecule has 2 unspecified atom stereocenters. The van der Waals surface area contributed by atoms with Crippen LogP contribution in [0.15, 0.2) is 0 Å². The minimum Gasteiger partial charge on any atom is -0.381 e. The molecule has 2 fully saturated rings. The van der Waals surface area contributed by atoms with Gasteiger partial charge in [0, 0.05) is 38.2 Å². The van der Waals surface area contributed by atoms with Crippen LogP contribution in [0.4, 0.5) is 0 Å². The van der Waals surface area contributed by atoms with Gasteiger partial charge in [0.25, 0.3) is 0 Å². The molecule has 0 saturated carbocycles. The van der Waals surface area contributed by atoms with Crippen molar-refractivity contribution < 1.29 is 9.47 Å². The van der Waals surface area contributed by atoms with Crippen LogP contribution >= 0.6 is 0 Å². The minimum absolute atomic E-state index is 0.357. The first-order chi connectivity index (χ1) is 8.69. The smallest absolute Gasteiger partial charge is 0.0678 e. The van der Waals surface area contributed by atoms with E-state index in [0.717, 1.165) is 45.8 Å². The van der Waals surface area contributed by atoms with Crippen molar-refractivity contribution in [1.82, 2.24) is 10.2 Å². The number of morpholine rings is 1. The molecule has 0 spiro atoms. The highest BCUT2D eigenvalue weighted by molar-refractivity contribution is 4.84. The van der Waals surface area contributed by atoms with Gasteiger partial charge in [-0.1, -0.05) is 6.92 Å². The Morgan fingerprint density at radius 3 is 2.61 bits per heavy atom. The third-order valence-corrected chi connectivity index (χ3v) is 3.93. The van der Waals surface area contributed by atoms with Gasteiger partial charge in [0.1, 0.15) is 0 Å². The van der Waals surface area contributed by atoms with Crippen LogP contribution in [-0.2, 0) is 9.47 Å². The van der Waals surface area contributed by atoms with Crippen LogP contribution < -0.4 is 5.32 Å². The fraction of sp³-hybridized carbons (Fsp3) is 1.00. The van der Waals surface area contributed by atoms with Gasteiger partial charge in [-0.15, -0.1) is 0 Å². The molecule has 4 nitrogen and oxygen atoms in total. The molecule has 0 aromatic rings. The molecule has 2 saturated heterocycles. The summed E-state index contributed by atoms with van der Waals surface area (Å²) in [5, 5.41) is 3.61. The molecule has 2 aliphatic heterocycles. The Labute approximate surface area is 111 Å². The summed E-state index contributed by atoms with van der Waals surface area (Å²) in [4.78, 5) is 2.54. The van der Waals surface area contributed by atoms with Gasteiger partial charge in [0.15, 0.2) is 0 Å². The SMILES string of the molecule is CCNC1CCOCC1CN1C[C@@H](C)O[C@@H](C)C1. The fourth-order valence-corrected chi connectivity index (χ4v) is 3.27. The topological polar surface area (TPSA) is 33.7 Å². The van der Waals surface area contributed by atoms with Crippen molar-refractivity contribution in [2.24, 2.45) is 5.92 Å². The van der Waals surface area contributed by atoms with Crippen LogP contribution in [0.1, 0.15) is 27.2 Å². The monoisotopic (exact) mass is 256 g/mol. The molecule has 4 atom stereocenters. The Hall–Kier alpha value is -0.160. The lowest BCUT2D eigenvalue weighted by Gasteiger charge is -2.40. The summed E-state index contributed by atoms with van der Waals surface area (Å²) in [5.41, 5.74) is 0. The van der Waals surface area contributed by atoms with Gasteiger partial charge in [-0.2, -0.15) is 0 Å². The normalized spacial score (nSPS) is 38.8. The van der Waals surface area contributed by atoms with Crippen molar-refractivity contribution in [2.75, 3.05) is 39.4 Å². The second-order valence-electron chi connectivity index (χ2n) is 5.76. The maximum atomic E-state index is 5.79. The molecular formula is C14H28N2O2. The van der Waals surface area contributed by atoms with E-state index in [-0.39, 0.29) is 0 Å². The first kappa shape index (κ1) is 14.3. The third kappa shape index (κ3) is 3.92. The van der Waals surface area contributed by atoms with Crippen LogP contribution in [0.5, 0.6) is 0 Å². The molecule has 0 radical (unpaired) electrons. The molecule has 0 aliphatic carbocycles. The Morgan fingerprint density at radius 2 is 1.94 bits per heavy atom. The molecule has 0 aromatic heterocycles. The van der Waals surface area contributed by atoms with E-state index in [4.69, 9.17) is 9.47 Å². The van der Waals surface area contributed by atoms with Gasteiger partial charge >= 0.3 is 0 Å². The molecule has 0 aromatic carbocycles. The lowest BCUT2D eigenvalue weighted by Crippen LogP contribution is -2.52. The summed E-state index contributed by atoms with van der Waals surface area (Å²) in [7, 11) is 0. The molecule has 106 valence electrons. The molecule has 0 bridgehead atoms. The predicted octanol–water partition coefficient (Wildman–Crippen LogP) is 1.11. The molecule has 2 rings (SSSR count). The highest BCUT2D eigenvalue weighted by atomic mass is 16.5. The van der Waals surface area contributed by atoms with Gasteiger partial charge in [-0.3, -0.25) is 4.90 Å². The molecule has 1 N–H and O–H groups in total. The molecular weight excluding hydrogens is 228 g/mol. The molecule has 0 amide bonds. The van der Waals surface area contributed by atoms with E-state index in [1.807, 2.05) is 0 Å². The second kappa shape index (κ2) is 6.85. The maximum Gasteiger partial charge on any atom is 0.0678 e. The van der Waals surface area contributed by atoms with Crippen molar-refractivity contribution >= 4 is 0 Å². The van der Waals surface area contributed by atoms with E-state index >= 15 is 0 Å². The quantitative estimate of drug-likeness (QED) is 0.817. The average molecular weight is 256 g/mol. The van der Waals surface area contributed by atoms with E-state index in [0.29, 0.717) is 24.2 Å².